The van der Waals surface area contributed by atoms with Crippen LogP contribution in [0.15, 0.2) is 42.7 Å². The molecule has 0 bridgehead atoms. The fourth-order valence-electron chi connectivity index (χ4n) is 2.19. The van der Waals surface area contributed by atoms with Gasteiger partial charge in [0.1, 0.15) is 0 Å². The summed E-state index contributed by atoms with van der Waals surface area (Å²) < 4.78 is 0. The first-order chi connectivity index (χ1) is 11.2. The van der Waals surface area contributed by atoms with Crippen LogP contribution in [0.3, 0.4) is 0 Å². The number of unbranched alkanes of at least 4 members (excludes halogenated alkanes) is 1. The predicted molar refractivity (Wildman–Crippen MR) is 95.1 cm³/mol. The van der Waals surface area contributed by atoms with Crippen molar-refractivity contribution in [2.45, 2.75) is 26.2 Å². The maximum atomic E-state index is 12.2. The van der Waals surface area contributed by atoms with Crippen LogP contribution in [0.2, 0.25) is 5.02 Å². The van der Waals surface area contributed by atoms with Crippen molar-refractivity contribution in [1.82, 2.24) is 10.3 Å². The van der Waals surface area contributed by atoms with Gasteiger partial charge >= 0.3 is 0 Å². The first-order valence-electron chi connectivity index (χ1n) is 7.90. The Kier molecular flexibility index (Phi) is 6.88. The van der Waals surface area contributed by atoms with Crippen LogP contribution in [0.25, 0.3) is 0 Å². The maximum absolute atomic E-state index is 12.2. The van der Waals surface area contributed by atoms with Crippen LogP contribution < -0.4 is 10.6 Å². The Bertz CT molecular complexity index is 646. The SMILES string of the molecule is CCCCNc1cncc(C(=O)NCCc2cccc(Cl)c2)c1. The van der Waals surface area contributed by atoms with Crippen LogP contribution in [0, 0.1) is 0 Å². The van der Waals surface area contributed by atoms with Gasteiger partial charge in [0.15, 0.2) is 0 Å². The monoisotopic (exact) mass is 331 g/mol. The summed E-state index contributed by atoms with van der Waals surface area (Å²) in [6, 6.07) is 9.49. The van der Waals surface area contributed by atoms with E-state index >= 15 is 0 Å². The summed E-state index contributed by atoms with van der Waals surface area (Å²) in [5, 5.41) is 6.90. The summed E-state index contributed by atoms with van der Waals surface area (Å²) in [7, 11) is 0. The van der Waals surface area contributed by atoms with E-state index in [-0.39, 0.29) is 5.91 Å². The summed E-state index contributed by atoms with van der Waals surface area (Å²) in [6.07, 6.45) is 6.28. The number of nitrogens with one attached hydrogen (secondary N) is 2. The second-order valence-corrected chi connectivity index (χ2v) is 5.81. The smallest absolute Gasteiger partial charge is 0.252 e. The molecule has 2 N–H and O–H groups in total. The minimum Gasteiger partial charge on any atom is -0.384 e. The number of nitrogens with zero attached hydrogens (tertiary/aromatic N) is 1. The molecule has 1 aromatic carbocycles. The first kappa shape index (κ1) is 17.3. The highest BCUT2D eigenvalue weighted by atomic mass is 35.5. The molecule has 0 saturated carbocycles. The molecule has 2 rings (SSSR count). The average molecular weight is 332 g/mol. The molecular weight excluding hydrogens is 310 g/mol. The van der Waals surface area contributed by atoms with E-state index in [9.17, 15) is 4.79 Å². The first-order valence-corrected chi connectivity index (χ1v) is 8.28. The van der Waals surface area contributed by atoms with Gasteiger partial charge in [-0.25, -0.2) is 0 Å². The molecule has 1 heterocycles. The second-order valence-electron chi connectivity index (χ2n) is 5.38. The quantitative estimate of drug-likeness (QED) is 0.721. The number of anilines is 1. The molecule has 0 aliphatic rings. The summed E-state index contributed by atoms with van der Waals surface area (Å²) in [5.74, 6) is -0.112. The maximum Gasteiger partial charge on any atom is 0.252 e. The lowest BCUT2D eigenvalue weighted by Gasteiger charge is -2.08. The zero-order valence-corrected chi connectivity index (χ0v) is 14.1. The van der Waals surface area contributed by atoms with Gasteiger partial charge in [-0.15, -0.1) is 0 Å². The lowest BCUT2D eigenvalue weighted by Crippen LogP contribution is -2.25. The molecule has 5 heteroatoms. The molecule has 0 aliphatic carbocycles. The third-order valence-corrected chi connectivity index (χ3v) is 3.68. The Labute approximate surface area is 142 Å². The molecule has 4 nitrogen and oxygen atoms in total. The van der Waals surface area contributed by atoms with E-state index in [1.54, 1.807) is 12.4 Å². The number of rotatable bonds is 8. The average Bonchev–Trinajstić information content (AvgIpc) is 2.55. The third kappa shape index (κ3) is 5.91. The number of pyridine rings is 1. The van der Waals surface area contributed by atoms with Crippen LogP contribution >= 0.6 is 11.6 Å². The molecule has 0 saturated heterocycles. The topological polar surface area (TPSA) is 54.0 Å². The van der Waals surface area contributed by atoms with E-state index in [0.29, 0.717) is 17.1 Å². The van der Waals surface area contributed by atoms with Gasteiger partial charge in [0, 0.05) is 30.5 Å². The molecule has 0 unspecified atom stereocenters. The highest BCUT2D eigenvalue weighted by Crippen LogP contribution is 2.11. The number of carbonyl (C=O) groups is 1. The summed E-state index contributed by atoms with van der Waals surface area (Å²) >= 11 is 5.95. The molecule has 0 fully saturated rings. The lowest BCUT2D eigenvalue weighted by molar-refractivity contribution is 0.0954. The van der Waals surface area contributed by atoms with Gasteiger partial charge in [-0.05, 0) is 36.6 Å². The van der Waals surface area contributed by atoms with Crippen molar-refractivity contribution < 1.29 is 4.79 Å². The Morgan fingerprint density at radius 2 is 2.09 bits per heavy atom. The molecule has 23 heavy (non-hydrogen) atoms. The van der Waals surface area contributed by atoms with Gasteiger partial charge in [-0.2, -0.15) is 0 Å². The number of hydrogen-bond donors (Lipinski definition) is 2. The van der Waals surface area contributed by atoms with Crippen molar-refractivity contribution in [3.63, 3.8) is 0 Å². The predicted octanol–water partition coefficient (Wildman–Crippen LogP) is 3.92. The van der Waals surface area contributed by atoms with Crippen LogP contribution in [-0.4, -0.2) is 24.0 Å². The van der Waals surface area contributed by atoms with Gasteiger partial charge in [-0.1, -0.05) is 37.1 Å². The Balaban J connectivity index is 1.84. The number of carbonyl (C=O) groups excluding carboxylic acids is 1. The molecular formula is C18H22ClN3O. The minimum absolute atomic E-state index is 0.112. The number of amides is 1. The highest BCUT2D eigenvalue weighted by Gasteiger charge is 2.06. The zero-order chi connectivity index (χ0) is 16.5. The number of benzene rings is 1. The van der Waals surface area contributed by atoms with Crippen molar-refractivity contribution in [2.24, 2.45) is 0 Å². The molecule has 1 aromatic heterocycles. The van der Waals surface area contributed by atoms with Crippen molar-refractivity contribution in [2.75, 3.05) is 18.4 Å². The number of aromatic nitrogens is 1. The summed E-state index contributed by atoms with van der Waals surface area (Å²) in [5.41, 5.74) is 2.55. The molecule has 0 atom stereocenters. The standard InChI is InChI=1S/C18H22ClN3O/c1-2-3-8-21-17-11-15(12-20-13-17)18(23)22-9-7-14-5-4-6-16(19)10-14/h4-6,10-13,21H,2-3,7-9H2,1H3,(H,22,23). The molecule has 0 spiro atoms. The number of halogens is 1. The van der Waals surface area contributed by atoms with E-state index in [2.05, 4.69) is 22.5 Å². The fourth-order valence-corrected chi connectivity index (χ4v) is 2.40. The van der Waals surface area contributed by atoms with E-state index in [4.69, 9.17) is 11.6 Å². The van der Waals surface area contributed by atoms with Crippen molar-refractivity contribution in [3.8, 4) is 0 Å². The normalized spacial score (nSPS) is 10.3. The zero-order valence-electron chi connectivity index (χ0n) is 13.3. The molecule has 0 radical (unpaired) electrons. The Morgan fingerprint density at radius 1 is 1.22 bits per heavy atom. The lowest BCUT2D eigenvalue weighted by atomic mass is 10.1. The van der Waals surface area contributed by atoms with Crippen LogP contribution in [0.1, 0.15) is 35.7 Å². The van der Waals surface area contributed by atoms with E-state index in [0.717, 1.165) is 37.1 Å². The van der Waals surface area contributed by atoms with E-state index in [1.807, 2.05) is 30.3 Å². The molecule has 2 aromatic rings. The fraction of sp³-hybridized carbons (Fsp3) is 0.333. The Hall–Kier alpha value is -2.07. The van der Waals surface area contributed by atoms with Crippen molar-refractivity contribution in [3.05, 3.63) is 58.9 Å². The number of hydrogen-bond acceptors (Lipinski definition) is 3. The minimum atomic E-state index is -0.112. The Morgan fingerprint density at radius 3 is 2.87 bits per heavy atom. The largest absolute Gasteiger partial charge is 0.384 e. The van der Waals surface area contributed by atoms with Gasteiger partial charge in [0.25, 0.3) is 5.91 Å². The van der Waals surface area contributed by atoms with E-state index < -0.39 is 0 Å². The highest BCUT2D eigenvalue weighted by molar-refractivity contribution is 6.30. The van der Waals surface area contributed by atoms with Gasteiger partial charge in [-0.3, -0.25) is 9.78 Å². The molecule has 0 aliphatic heterocycles. The summed E-state index contributed by atoms with van der Waals surface area (Å²) in [4.78, 5) is 16.3. The van der Waals surface area contributed by atoms with Crippen LogP contribution in [-0.2, 0) is 6.42 Å². The molecule has 1 amide bonds. The van der Waals surface area contributed by atoms with Gasteiger partial charge in [0.05, 0.1) is 11.3 Å². The van der Waals surface area contributed by atoms with Crippen LogP contribution in [0.5, 0.6) is 0 Å². The van der Waals surface area contributed by atoms with Crippen LogP contribution in [0.4, 0.5) is 5.69 Å². The van der Waals surface area contributed by atoms with Gasteiger partial charge < -0.3 is 10.6 Å². The third-order valence-electron chi connectivity index (χ3n) is 3.45. The molecule has 122 valence electrons. The van der Waals surface area contributed by atoms with Gasteiger partial charge in [0.2, 0.25) is 0 Å². The van der Waals surface area contributed by atoms with Crippen molar-refractivity contribution >= 4 is 23.2 Å². The second kappa shape index (κ2) is 9.16. The van der Waals surface area contributed by atoms with E-state index in [1.165, 1.54) is 0 Å². The summed E-state index contributed by atoms with van der Waals surface area (Å²) in [6.45, 7) is 3.59. The van der Waals surface area contributed by atoms with Crippen molar-refractivity contribution in [1.29, 1.82) is 0 Å².